The first-order valence-corrected chi connectivity index (χ1v) is 6.15. The molecule has 0 amide bonds. The van der Waals surface area contributed by atoms with Crippen LogP contribution in [0.15, 0.2) is 35.9 Å². The lowest BCUT2D eigenvalue weighted by molar-refractivity contribution is -0.113. The zero-order valence-corrected chi connectivity index (χ0v) is 11.2. The van der Waals surface area contributed by atoms with Gasteiger partial charge in [-0.1, -0.05) is 30.3 Å². The first-order valence-electron chi connectivity index (χ1n) is 6.15. The Balaban J connectivity index is 2.90. The Hall–Kier alpha value is -3.23. The Morgan fingerprint density at radius 1 is 1.19 bits per heavy atom. The van der Waals surface area contributed by atoms with E-state index in [-0.39, 0.29) is 16.9 Å². The van der Waals surface area contributed by atoms with Crippen LogP contribution in [0, 0.1) is 50.7 Å². The van der Waals surface area contributed by atoms with Crippen LogP contribution in [0.2, 0.25) is 0 Å². The topological polar surface area (TPSA) is 112 Å². The summed E-state index contributed by atoms with van der Waals surface area (Å²) in [6.07, 6.45) is 0. The lowest BCUT2D eigenvalue weighted by Crippen LogP contribution is -2.27. The lowest BCUT2D eigenvalue weighted by atomic mass is 9.74. The van der Waals surface area contributed by atoms with Crippen molar-refractivity contribution in [1.29, 1.82) is 21.2 Å². The number of nitrogens with one attached hydrogen (secondary N) is 1. The van der Waals surface area contributed by atoms with Gasteiger partial charge in [0.15, 0.2) is 11.2 Å². The second-order valence-corrected chi connectivity index (χ2v) is 4.68. The number of ketones is 1. The summed E-state index contributed by atoms with van der Waals surface area (Å²) >= 11 is 0. The second kappa shape index (κ2) is 5.04. The molecule has 5 nitrogen and oxygen atoms in total. The molecule has 1 aliphatic rings. The van der Waals surface area contributed by atoms with Gasteiger partial charge in [-0.25, -0.2) is 0 Å². The molecule has 5 heteroatoms. The van der Waals surface area contributed by atoms with E-state index in [2.05, 4.69) is 0 Å². The maximum Gasteiger partial charge on any atom is 0.191 e. The molecule has 1 aromatic rings. The molecule has 0 unspecified atom stereocenters. The summed E-state index contributed by atoms with van der Waals surface area (Å²) in [6, 6.07) is 14.1. The number of nitrogens with zero attached hydrogens (tertiary/aromatic N) is 3. The van der Waals surface area contributed by atoms with Gasteiger partial charge in [-0.2, -0.15) is 15.8 Å². The highest BCUT2D eigenvalue weighted by Gasteiger charge is 2.55. The predicted molar refractivity (Wildman–Crippen MR) is 74.5 cm³/mol. The zero-order valence-electron chi connectivity index (χ0n) is 11.2. The predicted octanol–water partition coefficient (Wildman–Crippen LogP) is 2.24. The fourth-order valence-electron chi connectivity index (χ4n) is 2.61. The average molecular weight is 274 g/mol. The molecule has 1 N–H and O–H groups in total. The summed E-state index contributed by atoms with van der Waals surface area (Å²) in [7, 11) is 0. The van der Waals surface area contributed by atoms with E-state index in [4.69, 9.17) is 5.41 Å². The number of carbonyl (C=O) groups is 1. The standard InChI is InChI=1S/C16H10N4O/c1-10(21)13-14(11-5-3-2-4-6-11)16(8-18,9-19)12(7-17)15(13)20/h2-6,12,20H,1H3/t12-/m0/s1. The van der Waals surface area contributed by atoms with Crippen molar-refractivity contribution >= 4 is 17.1 Å². The van der Waals surface area contributed by atoms with Crippen LogP contribution in [0.25, 0.3) is 5.57 Å². The maximum atomic E-state index is 11.9. The Morgan fingerprint density at radius 3 is 2.19 bits per heavy atom. The smallest absolute Gasteiger partial charge is 0.191 e. The van der Waals surface area contributed by atoms with Gasteiger partial charge in [0.1, 0.15) is 5.92 Å². The molecular formula is C16H10N4O. The van der Waals surface area contributed by atoms with Gasteiger partial charge in [0.25, 0.3) is 0 Å². The highest BCUT2D eigenvalue weighted by Crippen LogP contribution is 2.50. The number of nitriles is 3. The van der Waals surface area contributed by atoms with E-state index in [9.17, 15) is 20.6 Å². The highest BCUT2D eigenvalue weighted by atomic mass is 16.1. The van der Waals surface area contributed by atoms with Crippen molar-refractivity contribution < 1.29 is 4.79 Å². The van der Waals surface area contributed by atoms with Gasteiger partial charge in [-0.3, -0.25) is 4.79 Å². The van der Waals surface area contributed by atoms with Crippen LogP contribution >= 0.6 is 0 Å². The molecule has 0 fully saturated rings. The van der Waals surface area contributed by atoms with E-state index < -0.39 is 17.1 Å². The fraction of sp³-hybridized carbons (Fsp3) is 0.188. The quantitative estimate of drug-likeness (QED) is 0.890. The van der Waals surface area contributed by atoms with Gasteiger partial charge >= 0.3 is 0 Å². The molecule has 0 spiro atoms. The average Bonchev–Trinajstić information content (AvgIpc) is 2.76. The minimum absolute atomic E-state index is 0.00384. The van der Waals surface area contributed by atoms with Crippen LogP contribution in [-0.2, 0) is 4.79 Å². The Labute approximate surface area is 121 Å². The molecule has 0 aromatic heterocycles. The van der Waals surface area contributed by atoms with Crippen LogP contribution in [0.1, 0.15) is 12.5 Å². The van der Waals surface area contributed by atoms with E-state index >= 15 is 0 Å². The van der Waals surface area contributed by atoms with Crippen molar-refractivity contribution in [1.82, 2.24) is 0 Å². The largest absolute Gasteiger partial charge is 0.303 e. The van der Waals surface area contributed by atoms with Gasteiger partial charge in [-0.05, 0) is 12.5 Å². The third-order valence-electron chi connectivity index (χ3n) is 3.53. The fourth-order valence-corrected chi connectivity index (χ4v) is 2.61. The molecule has 2 rings (SSSR count). The third kappa shape index (κ3) is 1.83. The summed E-state index contributed by atoms with van der Waals surface area (Å²) < 4.78 is 0. The Morgan fingerprint density at radius 2 is 1.76 bits per heavy atom. The first-order chi connectivity index (χ1) is 10.0. The van der Waals surface area contributed by atoms with Crippen molar-refractivity contribution in [3.63, 3.8) is 0 Å². The van der Waals surface area contributed by atoms with Crippen LogP contribution < -0.4 is 0 Å². The minimum Gasteiger partial charge on any atom is -0.303 e. The third-order valence-corrected chi connectivity index (χ3v) is 3.53. The van der Waals surface area contributed by atoms with E-state index in [0.29, 0.717) is 5.56 Å². The summed E-state index contributed by atoms with van der Waals surface area (Å²) in [4.78, 5) is 11.9. The number of rotatable bonds is 2. The molecule has 1 aromatic carbocycles. The molecular weight excluding hydrogens is 264 g/mol. The Kier molecular flexibility index (Phi) is 3.40. The first kappa shape index (κ1) is 14.2. The summed E-state index contributed by atoms with van der Waals surface area (Å²) in [5.41, 5.74) is -1.41. The SMILES string of the molecule is CC(=O)C1=C(c2ccccc2)C(C#N)(C#N)[C@@H](C#N)C1=N. The van der Waals surface area contributed by atoms with Crippen molar-refractivity contribution in [2.75, 3.05) is 0 Å². The normalized spacial score (nSPS) is 19.5. The van der Waals surface area contributed by atoms with Gasteiger partial charge in [-0.15, -0.1) is 0 Å². The van der Waals surface area contributed by atoms with Crippen LogP contribution in [-0.4, -0.2) is 11.5 Å². The zero-order chi connectivity index (χ0) is 15.6. The monoisotopic (exact) mass is 274 g/mol. The molecule has 0 aliphatic heterocycles. The van der Waals surface area contributed by atoms with Crippen molar-refractivity contribution in [3.8, 4) is 18.2 Å². The molecule has 1 aliphatic carbocycles. The number of Topliss-reactive ketones (excluding diaryl/α,β-unsaturated/α-hetero) is 1. The number of hydrogen-bond acceptors (Lipinski definition) is 5. The van der Waals surface area contributed by atoms with Crippen LogP contribution in [0.4, 0.5) is 0 Å². The van der Waals surface area contributed by atoms with Crippen LogP contribution in [0.5, 0.6) is 0 Å². The Bertz CT molecular complexity index is 770. The van der Waals surface area contributed by atoms with Gasteiger partial charge in [0, 0.05) is 11.1 Å². The van der Waals surface area contributed by atoms with Crippen molar-refractivity contribution in [2.24, 2.45) is 11.3 Å². The molecule has 21 heavy (non-hydrogen) atoms. The molecule has 0 saturated carbocycles. The van der Waals surface area contributed by atoms with Crippen molar-refractivity contribution in [3.05, 3.63) is 41.5 Å². The molecule has 0 bridgehead atoms. The van der Waals surface area contributed by atoms with E-state index in [1.54, 1.807) is 30.3 Å². The van der Waals surface area contributed by atoms with Gasteiger partial charge in [0.2, 0.25) is 0 Å². The molecule has 0 radical (unpaired) electrons. The van der Waals surface area contributed by atoms with E-state index in [0.717, 1.165) is 0 Å². The lowest BCUT2D eigenvalue weighted by Gasteiger charge is -2.19. The number of benzene rings is 1. The minimum atomic E-state index is -1.83. The molecule has 100 valence electrons. The number of allylic oxidation sites excluding steroid dienone is 2. The molecule has 1 atom stereocenters. The molecule has 0 saturated heterocycles. The molecule has 0 heterocycles. The number of carbonyl (C=O) groups excluding carboxylic acids is 1. The highest BCUT2D eigenvalue weighted by molar-refractivity contribution is 6.31. The van der Waals surface area contributed by atoms with Crippen LogP contribution in [0.3, 0.4) is 0 Å². The van der Waals surface area contributed by atoms with E-state index in [1.165, 1.54) is 6.92 Å². The van der Waals surface area contributed by atoms with E-state index in [1.807, 2.05) is 18.2 Å². The van der Waals surface area contributed by atoms with Crippen molar-refractivity contribution in [2.45, 2.75) is 6.92 Å². The van der Waals surface area contributed by atoms with Gasteiger partial charge < -0.3 is 5.41 Å². The summed E-state index contributed by atoms with van der Waals surface area (Å²) in [6.45, 7) is 1.27. The summed E-state index contributed by atoms with van der Waals surface area (Å²) in [5, 5.41) is 36.3. The van der Waals surface area contributed by atoms with Gasteiger partial charge in [0.05, 0.1) is 23.9 Å². The number of hydrogen-bond donors (Lipinski definition) is 1. The second-order valence-electron chi connectivity index (χ2n) is 4.68. The maximum absolute atomic E-state index is 11.9. The summed E-state index contributed by atoms with van der Waals surface area (Å²) in [5.74, 6) is -1.69.